The lowest BCUT2D eigenvalue weighted by Crippen LogP contribution is -2.08. The van der Waals surface area contributed by atoms with Crippen LogP contribution in [0.3, 0.4) is 0 Å². The Bertz CT molecular complexity index is 690. The number of H-pyrrole nitrogens is 1. The topological polar surface area (TPSA) is 83.3 Å². The predicted octanol–water partition coefficient (Wildman–Crippen LogP) is 2.31. The van der Waals surface area contributed by atoms with Crippen LogP contribution in [0.5, 0.6) is 0 Å². The van der Waals surface area contributed by atoms with Crippen molar-refractivity contribution in [3.05, 3.63) is 29.8 Å². The van der Waals surface area contributed by atoms with E-state index in [1.807, 2.05) is 57.4 Å². The lowest BCUT2D eigenvalue weighted by molar-refractivity contribution is 0.643. The van der Waals surface area contributed by atoms with E-state index in [9.17, 15) is 5.26 Å². The molecule has 0 amide bonds. The number of hydrogen-bond donors (Lipinski definition) is 2. The van der Waals surface area contributed by atoms with Gasteiger partial charge in [-0.3, -0.25) is 5.10 Å². The van der Waals surface area contributed by atoms with Crippen molar-refractivity contribution in [2.75, 3.05) is 38.4 Å². The van der Waals surface area contributed by atoms with Crippen molar-refractivity contribution in [2.24, 2.45) is 4.99 Å². The summed E-state index contributed by atoms with van der Waals surface area (Å²) in [5.41, 5.74) is 2.34. The average Bonchev–Trinajstić information content (AvgIpc) is 2.87. The van der Waals surface area contributed by atoms with Crippen LogP contribution in [0.1, 0.15) is 5.56 Å². The van der Waals surface area contributed by atoms with Gasteiger partial charge in [0.05, 0.1) is 6.34 Å². The van der Waals surface area contributed by atoms with Crippen molar-refractivity contribution in [3.63, 3.8) is 0 Å². The average molecular weight is 297 g/mol. The number of nitrogens with zero attached hydrogens (tertiary/aromatic N) is 5. The summed E-state index contributed by atoms with van der Waals surface area (Å²) >= 11 is 0. The minimum Gasteiger partial charge on any atom is -0.378 e. The van der Waals surface area contributed by atoms with Crippen LogP contribution in [-0.2, 0) is 0 Å². The molecule has 7 heteroatoms. The van der Waals surface area contributed by atoms with Crippen LogP contribution < -0.4 is 10.2 Å². The normalized spacial score (nSPS) is 10.5. The van der Waals surface area contributed by atoms with Crippen LogP contribution in [0, 0.1) is 11.3 Å². The molecule has 2 aromatic rings. The molecule has 0 radical (unpaired) electrons. The first-order chi connectivity index (χ1) is 10.5. The zero-order valence-corrected chi connectivity index (χ0v) is 13.1. The van der Waals surface area contributed by atoms with Crippen LogP contribution in [0.2, 0.25) is 0 Å². The number of aliphatic imine (C=N–C) groups is 1. The summed E-state index contributed by atoms with van der Waals surface area (Å²) in [4.78, 5) is 8.00. The molecule has 22 heavy (non-hydrogen) atoms. The molecule has 0 spiro atoms. The van der Waals surface area contributed by atoms with Gasteiger partial charge in [-0.25, -0.2) is 4.99 Å². The van der Waals surface area contributed by atoms with Crippen LogP contribution in [0.15, 0.2) is 29.3 Å². The highest BCUT2D eigenvalue weighted by Crippen LogP contribution is 2.26. The van der Waals surface area contributed by atoms with Gasteiger partial charge in [0, 0.05) is 39.6 Å². The molecule has 0 unspecified atom stereocenters. The lowest BCUT2D eigenvalue weighted by atomic mass is 10.2. The molecule has 2 N–H and O–H groups in total. The van der Waals surface area contributed by atoms with E-state index < -0.39 is 0 Å². The molecule has 1 heterocycles. The highest BCUT2D eigenvalue weighted by atomic mass is 15.2. The molecule has 0 aliphatic heterocycles. The molecule has 7 nitrogen and oxygen atoms in total. The van der Waals surface area contributed by atoms with E-state index in [1.165, 1.54) is 0 Å². The number of nitrogens with one attached hydrogen (secondary N) is 2. The summed E-state index contributed by atoms with van der Waals surface area (Å²) in [5, 5.41) is 19.3. The summed E-state index contributed by atoms with van der Waals surface area (Å²) in [7, 11) is 7.69. The molecule has 0 fully saturated rings. The Morgan fingerprint density at radius 1 is 1.23 bits per heavy atom. The second kappa shape index (κ2) is 6.63. The van der Waals surface area contributed by atoms with Gasteiger partial charge in [-0.15, -0.1) is 0 Å². The Morgan fingerprint density at radius 2 is 1.91 bits per heavy atom. The van der Waals surface area contributed by atoms with E-state index in [0.29, 0.717) is 17.2 Å². The predicted molar refractivity (Wildman–Crippen MR) is 89.2 cm³/mol. The van der Waals surface area contributed by atoms with Gasteiger partial charge >= 0.3 is 0 Å². The molecule has 2 rings (SSSR count). The van der Waals surface area contributed by atoms with Gasteiger partial charge in [-0.05, 0) is 24.3 Å². The maximum absolute atomic E-state index is 9.30. The quantitative estimate of drug-likeness (QED) is 0.653. The Labute approximate surface area is 129 Å². The van der Waals surface area contributed by atoms with Crippen LogP contribution in [0.25, 0.3) is 0 Å². The summed E-state index contributed by atoms with van der Waals surface area (Å²) < 4.78 is 0. The zero-order chi connectivity index (χ0) is 16.1. The number of hydrogen-bond acceptors (Lipinski definition) is 5. The Hall–Kier alpha value is -3.01. The SMILES string of the molecule is CN(C)/C=N/c1[nH]nc(Nc2ccc(N(C)C)cc2)c1C#N. The fourth-order valence-electron chi connectivity index (χ4n) is 1.78. The van der Waals surface area contributed by atoms with Crippen molar-refractivity contribution in [3.8, 4) is 6.07 Å². The van der Waals surface area contributed by atoms with Crippen molar-refractivity contribution >= 4 is 29.3 Å². The number of anilines is 3. The van der Waals surface area contributed by atoms with E-state index in [4.69, 9.17) is 0 Å². The third kappa shape index (κ3) is 3.55. The third-order valence-corrected chi connectivity index (χ3v) is 2.92. The maximum atomic E-state index is 9.30. The second-order valence-electron chi connectivity index (χ2n) is 5.18. The molecule has 1 aromatic heterocycles. The van der Waals surface area contributed by atoms with E-state index >= 15 is 0 Å². The number of aromatic nitrogens is 2. The molecule has 0 aliphatic rings. The Morgan fingerprint density at radius 3 is 2.45 bits per heavy atom. The van der Waals surface area contributed by atoms with E-state index in [-0.39, 0.29) is 0 Å². The van der Waals surface area contributed by atoms with Gasteiger partial charge in [0.25, 0.3) is 0 Å². The fourth-order valence-corrected chi connectivity index (χ4v) is 1.78. The van der Waals surface area contributed by atoms with Gasteiger partial charge in [0.15, 0.2) is 11.6 Å². The van der Waals surface area contributed by atoms with E-state index in [1.54, 1.807) is 11.2 Å². The number of nitriles is 1. The highest BCUT2D eigenvalue weighted by molar-refractivity contribution is 5.72. The van der Waals surface area contributed by atoms with Gasteiger partial charge in [0.2, 0.25) is 0 Å². The summed E-state index contributed by atoms with van der Waals surface area (Å²) in [6, 6.07) is 9.98. The summed E-state index contributed by atoms with van der Waals surface area (Å²) in [6.07, 6.45) is 1.62. The van der Waals surface area contributed by atoms with Crippen molar-refractivity contribution < 1.29 is 0 Å². The smallest absolute Gasteiger partial charge is 0.172 e. The Kier molecular flexibility index (Phi) is 4.63. The minimum atomic E-state index is 0.384. The largest absolute Gasteiger partial charge is 0.378 e. The molecule has 1 aromatic carbocycles. The van der Waals surface area contributed by atoms with Gasteiger partial charge in [0.1, 0.15) is 11.6 Å². The van der Waals surface area contributed by atoms with E-state index in [2.05, 4.69) is 26.6 Å². The first-order valence-corrected chi connectivity index (χ1v) is 6.74. The van der Waals surface area contributed by atoms with Crippen LogP contribution >= 0.6 is 0 Å². The highest BCUT2D eigenvalue weighted by Gasteiger charge is 2.12. The van der Waals surface area contributed by atoms with Crippen molar-refractivity contribution in [1.29, 1.82) is 5.26 Å². The maximum Gasteiger partial charge on any atom is 0.172 e. The molecule has 114 valence electrons. The third-order valence-electron chi connectivity index (χ3n) is 2.92. The number of aromatic amines is 1. The van der Waals surface area contributed by atoms with Crippen molar-refractivity contribution in [1.82, 2.24) is 15.1 Å². The van der Waals surface area contributed by atoms with Gasteiger partial charge < -0.3 is 15.1 Å². The minimum absolute atomic E-state index is 0.384. The molecular formula is C15H19N7. The standard InChI is InChI=1S/C15H19N7/c1-21(2)10-17-14-13(9-16)15(20-19-14)18-11-5-7-12(8-6-11)22(3)4/h5-8,10H,1-4H3,(H2,18,19,20)/b17-10+. The van der Waals surface area contributed by atoms with E-state index in [0.717, 1.165) is 11.4 Å². The zero-order valence-electron chi connectivity index (χ0n) is 13.1. The van der Waals surface area contributed by atoms with Crippen LogP contribution in [-0.4, -0.2) is 49.6 Å². The molecule has 0 atom stereocenters. The number of benzene rings is 1. The molecule has 0 saturated heterocycles. The monoisotopic (exact) mass is 297 g/mol. The van der Waals surface area contributed by atoms with Crippen LogP contribution in [0.4, 0.5) is 23.0 Å². The first kappa shape index (κ1) is 15.4. The van der Waals surface area contributed by atoms with Crippen molar-refractivity contribution in [2.45, 2.75) is 0 Å². The van der Waals surface area contributed by atoms with Gasteiger partial charge in [-0.1, -0.05) is 0 Å². The molecular weight excluding hydrogens is 278 g/mol. The second-order valence-corrected chi connectivity index (χ2v) is 5.18. The lowest BCUT2D eigenvalue weighted by Gasteiger charge is -2.12. The molecule has 0 aliphatic carbocycles. The molecule has 0 bridgehead atoms. The van der Waals surface area contributed by atoms with Gasteiger partial charge in [-0.2, -0.15) is 10.4 Å². The number of rotatable bonds is 5. The first-order valence-electron chi connectivity index (χ1n) is 6.74. The summed E-state index contributed by atoms with van der Waals surface area (Å²) in [6.45, 7) is 0. The Balaban J connectivity index is 2.21. The summed E-state index contributed by atoms with van der Waals surface area (Å²) in [5.74, 6) is 0.898. The fraction of sp³-hybridized carbons (Fsp3) is 0.267. The molecule has 0 saturated carbocycles.